The summed E-state index contributed by atoms with van der Waals surface area (Å²) in [6, 6.07) is 7.82. The molecule has 37 heavy (non-hydrogen) atoms. The Kier molecular flexibility index (Phi) is 7.84. The lowest BCUT2D eigenvalue weighted by molar-refractivity contribution is 0.0535. The van der Waals surface area contributed by atoms with Crippen LogP contribution in [-0.4, -0.2) is 58.5 Å². The van der Waals surface area contributed by atoms with Gasteiger partial charge in [-0.3, -0.25) is 4.90 Å². The molecule has 1 amide bonds. The van der Waals surface area contributed by atoms with Crippen molar-refractivity contribution in [1.82, 2.24) is 25.0 Å². The molecule has 0 fully saturated rings. The third kappa shape index (κ3) is 5.78. The van der Waals surface area contributed by atoms with Crippen LogP contribution in [0.5, 0.6) is 0 Å². The van der Waals surface area contributed by atoms with E-state index in [1.54, 1.807) is 17.1 Å². The molecule has 0 radical (unpaired) electrons. The summed E-state index contributed by atoms with van der Waals surface area (Å²) in [6.07, 6.45) is 4.80. The molecule has 0 unspecified atom stereocenters. The van der Waals surface area contributed by atoms with Crippen LogP contribution in [0.2, 0.25) is 0 Å². The first-order chi connectivity index (χ1) is 17.8. The van der Waals surface area contributed by atoms with Gasteiger partial charge in [-0.2, -0.15) is 10.4 Å². The van der Waals surface area contributed by atoms with Crippen molar-refractivity contribution in [3.63, 3.8) is 0 Å². The van der Waals surface area contributed by atoms with Gasteiger partial charge in [-0.25, -0.2) is 19.3 Å². The molecule has 0 spiro atoms. The third-order valence-electron chi connectivity index (χ3n) is 6.65. The molecular formula is C27H30N6O4. The first-order valence-electron chi connectivity index (χ1n) is 12.0. The molecule has 3 heterocycles. The van der Waals surface area contributed by atoms with Crippen LogP contribution >= 0.6 is 0 Å². The molecule has 1 aliphatic rings. The number of methoxy groups -OCH3 is 1. The average molecular weight is 503 g/mol. The minimum absolute atomic E-state index is 0.164. The summed E-state index contributed by atoms with van der Waals surface area (Å²) in [5.74, 6) is 0.536. The highest BCUT2D eigenvalue weighted by molar-refractivity contribution is 5.94. The Morgan fingerprint density at radius 1 is 1.35 bits per heavy atom. The number of rotatable bonds is 9. The largest absolute Gasteiger partial charge is 0.457 e. The van der Waals surface area contributed by atoms with Gasteiger partial charge in [-0.1, -0.05) is 13.0 Å². The quantitative estimate of drug-likeness (QED) is 0.442. The lowest BCUT2D eigenvalue weighted by Crippen LogP contribution is -2.36. The van der Waals surface area contributed by atoms with E-state index in [0.717, 1.165) is 34.4 Å². The fourth-order valence-corrected chi connectivity index (χ4v) is 4.62. The standard InChI is InChI=1S/C27H30N6O4/c1-17-9-25(30-12-21(17)10-28)33-15-20(11-31-33)14-32(8-7-29-27(35)36-4)13-18(2)22-5-6-23-24(19(22)3)16-37-26(23)34/h5-6,9,11-12,15,18H,7-8,13-14,16H2,1-4H3,(H,29,35)/t18-/m0/s1. The molecule has 192 valence electrons. The van der Waals surface area contributed by atoms with Gasteiger partial charge in [0.1, 0.15) is 12.7 Å². The molecule has 1 atom stereocenters. The number of benzene rings is 1. The molecule has 1 N–H and O–H groups in total. The number of pyridine rings is 1. The molecule has 4 rings (SSSR count). The number of cyclic esters (lactones) is 1. The van der Waals surface area contributed by atoms with Gasteiger partial charge in [0.15, 0.2) is 5.82 Å². The zero-order valence-electron chi connectivity index (χ0n) is 21.4. The van der Waals surface area contributed by atoms with E-state index in [1.165, 1.54) is 7.11 Å². The van der Waals surface area contributed by atoms with E-state index in [0.29, 0.717) is 43.2 Å². The summed E-state index contributed by atoms with van der Waals surface area (Å²) in [6.45, 7) is 8.72. The number of carbonyl (C=O) groups is 2. The number of alkyl carbamates (subject to hydrolysis) is 1. The van der Waals surface area contributed by atoms with Crippen LogP contribution < -0.4 is 5.32 Å². The highest BCUT2D eigenvalue weighted by Gasteiger charge is 2.26. The van der Waals surface area contributed by atoms with E-state index in [1.807, 2.05) is 38.2 Å². The molecule has 0 aliphatic carbocycles. The summed E-state index contributed by atoms with van der Waals surface area (Å²) >= 11 is 0. The van der Waals surface area contributed by atoms with Gasteiger partial charge in [-0.15, -0.1) is 0 Å². The molecular weight excluding hydrogens is 472 g/mol. The second kappa shape index (κ2) is 11.2. The second-order valence-electron chi connectivity index (χ2n) is 9.20. The molecule has 0 saturated heterocycles. The number of aromatic nitrogens is 3. The normalized spacial score (nSPS) is 13.1. The summed E-state index contributed by atoms with van der Waals surface area (Å²) in [5, 5.41) is 16.4. The Labute approximate surface area is 215 Å². The highest BCUT2D eigenvalue weighted by Crippen LogP contribution is 2.30. The molecule has 10 heteroatoms. The van der Waals surface area contributed by atoms with Gasteiger partial charge in [0.25, 0.3) is 0 Å². The number of carbonyl (C=O) groups excluding carboxylic acids is 2. The van der Waals surface area contributed by atoms with Gasteiger partial charge < -0.3 is 14.8 Å². The number of nitrogens with zero attached hydrogens (tertiary/aromatic N) is 5. The molecule has 10 nitrogen and oxygen atoms in total. The van der Waals surface area contributed by atoms with E-state index in [2.05, 4.69) is 33.3 Å². The Morgan fingerprint density at radius 3 is 2.89 bits per heavy atom. The molecule has 1 aliphatic heterocycles. The fraction of sp³-hybridized carbons (Fsp3) is 0.370. The number of hydrogen-bond donors (Lipinski definition) is 1. The highest BCUT2D eigenvalue weighted by atomic mass is 16.5. The SMILES string of the molecule is COC(=O)NCCN(Cc1cnn(-c2cc(C)c(C#N)cn2)c1)C[C@H](C)c1ccc2c(c1C)COC2=O. The molecule has 1 aromatic carbocycles. The van der Waals surface area contributed by atoms with Crippen LogP contribution in [0.4, 0.5) is 4.79 Å². The van der Waals surface area contributed by atoms with Crippen molar-refractivity contribution in [2.24, 2.45) is 0 Å². The van der Waals surface area contributed by atoms with Crippen LogP contribution in [0.15, 0.2) is 36.8 Å². The lowest BCUT2D eigenvalue weighted by Gasteiger charge is -2.26. The number of fused-ring (bicyclic) bond motifs is 1. The van der Waals surface area contributed by atoms with Crippen molar-refractivity contribution in [2.75, 3.05) is 26.7 Å². The van der Waals surface area contributed by atoms with Crippen LogP contribution in [0.1, 0.15) is 56.6 Å². The number of amides is 1. The summed E-state index contributed by atoms with van der Waals surface area (Å²) in [7, 11) is 1.34. The van der Waals surface area contributed by atoms with Gasteiger partial charge >= 0.3 is 12.1 Å². The minimum Gasteiger partial charge on any atom is -0.457 e. The predicted octanol–water partition coefficient (Wildman–Crippen LogP) is 3.39. The maximum Gasteiger partial charge on any atom is 0.406 e. The second-order valence-corrected chi connectivity index (χ2v) is 9.20. The number of hydrogen-bond acceptors (Lipinski definition) is 8. The number of nitrogens with one attached hydrogen (secondary N) is 1. The van der Waals surface area contributed by atoms with Crippen LogP contribution in [0, 0.1) is 25.2 Å². The lowest BCUT2D eigenvalue weighted by atomic mass is 9.90. The van der Waals surface area contributed by atoms with Crippen molar-refractivity contribution in [2.45, 2.75) is 39.8 Å². The van der Waals surface area contributed by atoms with Gasteiger partial charge in [0.2, 0.25) is 0 Å². The fourth-order valence-electron chi connectivity index (χ4n) is 4.62. The molecule has 0 saturated carbocycles. The van der Waals surface area contributed by atoms with Crippen LogP contribution in [-0.2, 0) is 22.6 Å². The zero-order valence-corrected chi connectivity index (χ0v) is 21.4. The minimum atomic E-state index is -0.470. The molecule has 0 bridgehead atoms. The van der Waals surface area contributed by atoms with Crippen molar-refractivity contribution in [3.05, 3.63) is 75.7 Å². The van der Waals surface area contributed by atoms with E-state index >= 15 is 0 Å². The van der Waals surface area contributed by atoms with Crippen LogP contribution in [0.3, 0.4) is 0 Å². The van der Waals surface area contributed by atoms with Crippen LogP contribution in [0.25, 0.3) is 5.82 Å². The maximum absolute atomic E-state index is 11.9. The average Bonchev–Trinajstić information content (AvgIpc) is 3.51. The third-order valence-corrected chi connectivity index (χ3v) is 6.65. The predicted molar refractivity (Wildman–Crippen MR) is 135 cm³/mol. The Balaban J connectivity index is 1.51. The number of ether oxygens (including phenoxy) is 2. The zero-order chi connectivity index (χ0) is 26.5. The Bertz CT molecular complexity index is 1360. The van der Waals surface area contributed by atoms with E-state index in [-0.39, 0.29) is 11.9 Å². The van der Waals surface area contributed by atoms with Gasteiger partial charge in [-0.05, 0) is 48.6 Å². The first kappa shape index (κ1) is 25.9. The van der Waals surface area contributed by atoms with Gasteiger partial charge in [0, 0.05) is 49.7 Å². The van der Waals surface area contributed by atoms with Crippen molar-refractivity contribution < 1.29 is 19.1 Å². The first-order valence-corrected chi connectivity index (χ1v) is 12.0. The number of aryl methyl sites for hydroxylation is 1. The Hall–Kier alpha value is -4.23. The van der Waals surface area contributed by atoms with E-state index < -0.39 is 6.09 Å². The Morgan fingerprint density at radius 2 is 2.16 bits per heavy atom. The van der Waals surface area contributed by atoms with Gasteiger partial charge in [0.05, 0.1) is 24.4 Å². The molecule has 3 aromatic rings. The van der Waals surface area contributed by atoms with Crippen molar-refractivity contribution in [1.29, 1.82) is 5.26 Å². The number of esters is 1. The number of nitriles is 1. The van der Waals surface area contributed by atoms with E-state index in [4.69, 9.17) is 14.7 Å². The summed E-state index contributed by atoms with van der Waals surface area (Å²) in [4.78, 5) is 30.1. The smallest absolute Gasteiger partial charge is 0.406 e. The van der Waals surface area contributed by atoms with Crippen molar-refractivity contribution in [3.8, 4) is 11.9 Å². The van der Waals surface area contributed by atoms with Crippen molar-refractivity contribution >= 4 is 12.1 Å². The maximum atomic E-state index is 11.9. The summed E-state index contributed by atoms with van der Waals surface area (Å²) < 4.78 is 11.6. The monoisotopic (exact) mass is 502 g/mol. The topological polar surface area (TPSA) is 122 Å². The van der Waals surface area contributed by atoms with E-state index in [9.17, 15) is 9.59 Å². The summed E-state index contributed by atoms with van der Waals surface area (Å²) in [5.41, 5.74) is 6.21. The molecule has 2 aromatic heterocycles.